The molecule has 0 aliphatic carbocycles. The van der Waals surface area contributed by atoms with Crippen LogP contribution in [0.15, 0.2) is 57.8 Å². The Labute approximate surface area is 163 Å². The molecule has 1 N–H and O–H groups in total. The van der Waals surface area contributed by atoms with Crippen molar-refractivity contribution in [2.75, 3.05) is 6.61 Å². The number of hydrogen-bond donors (Lipinski definition) is 1. The molecule has 0 radical (unpaired) electrons. The number of halogens is 2. The van der Waals surface area contributed by atoms with Crippen molar-refractivity contribution in [3.8, 4) is 0 Å². The number of esters is 1. The minimum atomic E-state index is -0.323. The fraction of sp³-hybridized carbons (Fsp3) is 0.222. The lowest BCUT2D eigenvalue weighted by atomic mass is 10.2. The summed E-state index contributed by atoms with van der Waals surface area (Å²) < 4.78 is 6.36. The van der Waals surface area contributed by atoms with Crippen molar-refractivity contribution in [3.05, 3.63) is 69.0 Å². The number of benzene rings is 1. The van der Waals surface area contributed by atoms with Gasteiger partial charge < -0.3 is 14.6 Å². The van der Waals surface area contributed by atoms with Gasteiger partial charge in [0.25, 0.3) is 5.91 Å². The van der Waals surface area contributed by atoms with Gasteiger partial charge in [0.15, 0.2) is 0 Å². The molecule has 0 bridgehead atoms. The molecule has 2 aromatic rings. The highest BCUT2D eigenvalue weighted by Gasteiger charge is 2.17. The normalized spacial score (nSPS) is 10.8. The minimum absolute atomic E-state index is 0.116. The molecule has 132 valence electrons. The van der Waals surface area contributed by atoms with Crippen LogP contribution in [0.5, 0.6) is 0 Å². The second-order valence-electron chi connectivity index (χ2n) is 5.16. The van der Waals surface area contributed by atoms with E-state index in [1.165, 1.54) is 0 Å². The second kappa shape index (κ2) is 9.58. The van der Waals surface area contributed by atoms with E-state index in [2.05, 4.69) is 36.8 Å². The van der Waals surface area contributed by atoms with Gasteiger partial charge in [0.05, 0.1) is 28.6 Å². The maximum atomic E-state index is 12.8. The van der Waals surface area contributed by atoms with Crippen LogP contribution in [0.2, 0.25) is 0 Å². The molecular formula is C18H18Br2N2O3. The summed E-state index contributed by atoms with van der Waals surface area (Å²) >= 11 is 6.70. The standard InChI is InChI=1S/C18H18Br2N2O3/c1-2-25-16(23)9-6-10-22(12-13-7-4-3-5-8-13)18(24)15-11-14(19)17(20)21-15/h3-8,10-11,21H,2,9,12H2,1H3/b10-6+. The van der Waals surface area contributed by atoms with Crippen molar-refractivity contribution in [2.45, 2.75) is 19.9 Å². The van der Waals surface area contributed by atoms with Crippen LogP contribution in [0.25, 0.3) is 0 Å². The van der Waals surface area contributed by atoms with Gasteiger partial charge in [-0.1, -0.05) is 36.4 Å². The van der Waals surface area contributed by atoms with Crippen LogP contribution < -0.4 is 0 Å². The highest BCUT2D eigenvalue weighted by Crippen LogP contribution is 2.24. The Morgan fingerprint density at radius 3 is 2.56 bits per heavy atom. The van der Waals surface area contributed by atoms with Crippen LogP contribution >= 0.6 is 31.9 Å². The van der Waals surface area contributed by atoms with Gasteiger partial charge in [-0.25, -0.2) is 0 Å². The first-order valence-corrected chi connectivity index (χ1v) is 9.31. The van der Waals surface area contributed by atoms with Gasteiger partial charge in [0.1, 0.15) is 5.69 Å². The van der Waals surface area contributed by atoms with Crippen LogP contribution in [0, 0.1) is 0 Å². The third-order valence-electron chi connectivity index (χ3n) is 3.29. The second-order valence-corrected chi connectivity index (χ2v) is 6.80. The van der Waals surface area contributed by atoms with Crippen LogP contribution in [0.3, 0.4) is 0 Å². The van der Waals surface area contributed by atoms with Crippen molar-refractivity contribution in [1.82, 2.24) is 9.88 Å². The molecule has 1 aromatic heterocycles. The average Bonchev–Trinajstić information content (AvgIpc) is 2.93. The molecule has 0 spiro atoms. The van der Waals surface area contributed by atoms with E-state index in [-0.39, 0.29) is 18.3 Å². The summed E-state index contributed by atoms with van der Waals surface area (Å²) in [6.07, 6.45) is 3.37. The first-order chi connectivity index (χ1) is 12.0. The number of nitrogens with zero attached hydrogens (tertiary/aromatic N) is 1. The van der Waals surface area contributed by atoms with E-state index >= 15 is 0 Å². The van der Waals surface area contributed by atoms with E-state index in [0.29, 0.717) is 23.4 Å². The summed E-state index contributed by atoms with van der Waals surface area (Å²) in [4.78, 5) is 28.8. The Morgan fingerprint density at radius 1 is 1.24 bits per heavy atom. The first kappa shape index (κ1) is 19.5. The smallest absolute Gasteiger partial charge is 0.309 e. The molecule has 1 aromatic carbocycles. The molecule has 0 fully saturated rings. The summed E-state index contributed by atoms with van der Waals surface area (Å²) in [5, 5.41) is 0. The third-order valence-corrected chi connectivity index (χ3v) is 5.07. The number of nitrogens with one attached hydrogen (secondary N) is 1. The number of aromatic nitrogens is 1. The summed E-state index contributed by atoms with van der Waals surface area (Å²) in [5.41, 5.74) is 1.43. The van der Waals surface area contributed by atoms with Crippen LogP contribution in [0.1, 0.15) is 29.4 Å². The minimum Gasteiger partial charge on any atom is -0.466 e. The van der Waals surface area contributed by atoms with E-state index in [1.807, 2.05) is 30.3 Å². The molecule has 0 atom stereocenters. The van der Waals surface area contributed by atoms with E-state index in [4.69, 9.17) is 4.74 Å². The monoisotopic (exact) mass is 468 g/mol. The summed E-state index contributed by atoms with van der Waals surface area (Å²) in [6, 6.07) is 11.4. The predicted molar refractivity (Wildman–Crippen MR) is 103 cm³/mol. The van der Waals surface area contributed by atoms with Crippen molar-refractivity contribution < 1.29 is 14.3 Å². The zero-order valence-corrected chi connectivity index (χ0v) is 16.8. The molecule has 7 heteroatoms. The highest BCUT2D eigenvalue weighted by atomic mass is 79.9. The largest absolute Gasteiger partial charge is 0.466 e. The first-order valence-electron chi connectivity index (χ1n) is 7.72. The fourth-order valence-corrected chi connectivity index (χ4v) is 2.80. The summed E-state index contributed by atoms with van der Waals surface area (Å²) in [6.45, 7) is 2.49. The molecule has 0 aliphatic rings. The molecule has 5 nitrogen and oxygen atoms in total. The van der Waals surface area contributed by atoms with Crippen molar-refractivity contribution >= 4 is 43.7 Å². The number of hydrogen-bond acceptors (Lipinski definition) is 3. The molecule has 1 heterocycles. The van der Waals surface area contributed by atoms with Crippen molar-refractivity contribution in [2.24, 2.45) is 0 Å². The quantitative estimate of drug-likeness (QED) is 0.600. The highest BCUT2D eigenvalue weighted by molar-refractivity contribution is 9.13. The molecule has 0 aliphatic heterocycles. The number of carbonyl (C=O) groups is 2. The van der Waals surface area contributed by atoms with Gasteiger partial charge in [-0.15, -0.1) is 0 Å². The molecule has 1 amide bonds. The topological polar surface area (TPSA) is 62.4 Å². The molecule has 2 rings (SSSR count). The van der Waals surface area contributed by atoms with Gasteiger partial charge in [-0.05, 0) is 50.4 Å². The molecular weight excluding hydrogens is 452 g/mol. The van der Waals surface area contributed by atoms with Gasteiger partial charge in [0, 0.05) is 6.20 Å². The van der Waals surface area contributed by atoms with Gasteiger partial charge in [-0.3, -0.25) is 9.59 Å². The zero-order chi connectivity index (χ0) is 18.2. The average molecular weight is 470 g/mol. The maximum Gasteiger partial charge on any atom is 0.309 e. The SMILES string of the molecule is CCOC(=O)C/C=C/N(Cc1ccccc1)C(=O)c1cc(Br)c(Br)[nH]1. The van der Waals surface area contributed by atoms with E-state index in [0.717, 1.165) is 10.0 Å². The number of H-pyrrole nitrogens is 1. The molecule has 0 unspecified atom stereocenters. The zero-order valence-electron chi connectivity index (χ0n) is 13.7. The van der Waals surface area contributed by atoms with Crippen LogP contribution in [-0.4, -0.2) is 28.4 Å². The number of rotatable bonds is 7. The van der Waals surface area contributed by atoms with E-state index < -0.39 is 0 Å². The summed E-state index contributed by atoms with van der Waals surface area (Å²) in [7, 11) is 0. The summed E-state index contributed by atoms with van der Waals surface area (Å²) in [5.74, 6) is -0.522. The number of amides is 1. The van der Waals surface area contributed by atoms with E-state index in [9.17, 15) is 9.59 Å². The fourth-order valence-electron chi connectivity index (χ4n) is 2.14. The molecule has 25 heavy (non-hydrogen) atoms. The predicted octanol–water partition coefficient (Wildman–Crippen LogP) is 4.65. The Balaban J connectivity index is 2.17. The van der Waals surface area contributed by atoms with Gasteiger partial charge in [0.2, 0.25) is 0 Å². The van der Waals surface area contributed by atoms with Crippen molar-refractivity contribution in [3.63, 3.8) is 0 Å². The van der Waals surface area contributed by atoms with Crippen molar-refractivity contribution in [1.29, 1.82) is 0 Å². The number of ether oxygens (including phenoxy) is 1. The molecule has 0 saturated heterocycles. The molecule has 0 saturated carbocycles. The lowest BCUT2D eigenvalue weighted by Gasteiger charge is -2.18. The Bertz CT molecular complexity index is 737. The van der Waals surface area contributed by atoms with Crippen LogP contribution in [-0.2, 0) is 16.1 Å². The number of carbonyl (C=O) groups excluding carboxylic acids is 2. The Morgan fingerprint density at radius 2 is 1.96 bits per heavy atom. The number of aromatic amines is 1. The van der Waals surface area contributed by atoms with E-state index in [1.54, 1.807) is 30.2 Å². The third kappa shape index (κ3) is 5.86. The maximum absolute atomic E-state index is 12.8. The van der Waals surface area contributed by atoms with Crippen LogP contribution in [0.4, 0.5) is 0 Å². The Kier molecular flexibility index (Phi) is 7.46. The lowest BCUT2D eigenvalue weighted by Crippen LogP contribution is -2.25. The van der Waals surface area contributed by atoms with Gasteiger partial charge >= 0.3 is 5.97 Å². The lowest BCUT2D eigenvalue weighted by molar-refractivity contribution is -0.142. The van der Waals surface area contributed by atoms with Gasteiger partial charge in [-0.2, -0.15) is 0 Å². The Hall–Kier alpha value is -1.86.